The summed E-state index contributed by atoms with van der Waals surface area (Å²) in [5, 5.41) is 14.9. The maximum absolute atomic E-state index is 14.0. The summed E-state index contributed by atoms with van der Waals surface area (Å²) < 4.78 is 60.2. The molecular weight excluding hydrogens is 798 g/mol. The van der Waals surface area contributed by atoms with E-state index in [-0.39, 0.29) is 65.7 Å². The van der Waals surface area contributed by atoms with E-state index in [1.54, 1.807) is 0 Å². The molecule has 7 rings (SSSR count). The number of imide groups is 2. The number of anilines is 3. The van der Waals surface area contributed by atoms with Gasteiger partial charge in [0.2, 0.25) is 11.8 Å². The van der Waals surface area contributed by atoms with E-state index in [4.69, 9.17) is 4.74 Å². The number of aromatic nitrogens is 3. The monoisotopic (exact) mass is 827 g/mol. The van der Waals surface area contributed by atoms with Crippen molar-refractivity contribution in [2.75, 3.05) is 34.8 Å². The first-order valence-corrected chi connectivity index (χ1v) is 17.9. The van der Waals surface area contributed by atoms with Crippen molar-refractivity contribution in [2.24, 2.45) is 0 Å². The number of rotatable bonds is 9. The quantitative estimate of drug-likeness (QED) is 0.127. The van der Waals surface area contributed by atoms with Gasteiger partial charge in [0.25, 0.3) is 23.6 Å². The zero-order valence-corrected chi connectivity index (χ0v) is 31.0. The zero-order valence-electron chi connectivity index (χ0n) is 31.0. The molecule has 3 aliphatic rings. The molecule has 0 aliphatic carbocycles. The van der Waals surface area contributed by atoms with E-state index in [1.165, 1.54) is 49.4 Å². The van der Waals surface area contributed by atoms with Crippen LogP contribution >= 0.6 is 0 Å². The third-order valence-electron chi connectivity index (χ3n) is 9.35. The highest BCUT2D eigenvalue weighted by atomic mass is 19.4. The van der Waals surface area contributed by atoms with Crippen LogP contribution in [-0.4, -0.2) is 93.3 Å². The van der Waals surface area contributed by atoms with Gasteiger partial charge >= 0.3 is 12.2 Å². The van der Waals surface area contributed by atoms with Gasteiger partial charge in [0, 0.05) is 24.3 Å². The third kappa shape index (κ3) is 8.43. The molecule has 306 valence electrons. The van der Waals surface area contributed by atoms with Gasteiger partial charge in [-0.05, 0) is 86.0 Å². The second-order valence-electron chi connectivity index (χ2n) is 13.4. The standard InChI is InChI=1S/C39H29F4N9O8/c1-20-15-21(39(41,42)43)16-31(45-20)51-29(18-44-38(51)59)37(58)50(24-7-4-22(40)5-8-24)14-2-3-23-6-12-30(49-48-23)46-33(54)19-60-25-9-10-26-27(17-25)36(57)52(35(26)56)28-11-13-32(53)47-34(28)55/h4-10,12,15-17,28-29H,11,13-14,18-19H2,1H3,(H,44,59)(H,46,49,54)(H,47,53,55)/t28?,29-/m0/s1. The number of carbonyl (C=O) groups is 7. The summed E-state index contributed by atoms with van der Waals surface area (Å²) in [5.74, 6) is 0.413. The van der Waals surface area contributed by atoms with E-state index in [2.05, 4.69) is 43.0 Å². The van der Waals surface area contributed by atoms with Gasteiger partial charge in [-0.2, -0.15) is 13.2 Å². The fraction of sp³-hybridized carbons (Fsp3) is 0.231. The van der Waals surface area contributed by atoms with Crippen LogP contribution in [0, 0.1) is 24.6 Å². The van der Waals surface area contributed by atoms with Crippen molar-refractivity contribution in [1.29, 1.82) is 0 Å². The topological polar surface area (TPSA) is 213 Å². The zero-order chi connectivity index (χ0) is 42.9. The molecule has 1 unspecified atom stereocenters. The number of aryl methyl sites for hydroxylation is 1. The number of ether oxygens (including phenoxy) is 1. The van der Waals surface area contributed by atoms with E-state index in [0.717, 1.165) is 32.9 Å². The van der Waals surface area contributed by atoms with Crippen LogP contribution in [0.1, 0.15) is 50.5 Å². The Kier molecular flexibility index (Phi) is 10.9. The Morgan fingerprint density at radius 1 is 0.950 bits per heavy atom. The van der Waals surface area contributed by atoms with Gasteiger partial charge in [0.15, 0.2) is 12.4 Å². The van der Waals surface area contributed by atoms with Crippen LogP contribution in [0.4, 0.5) is 39.7 Å². The molecule has 2 aromatic carbocycles. The van der Waals surface area contributed by atoms with E-state index in [0.29, 0.717) is 6.07 Å². The van der Waals surface area contributed by atoms with Crippen molar-refractivity contribution in [3.8, 4) is 17.6 Å². The summed E-state index contributed by atoms with van der Waals surface area (Å²) in [6, 6.07) is 9.64. The number of nitrogens with one attached hydrogen (secondary N) is 3. The molecule has 0 saturated carbocycles. The number of halogens is 4. The highest BCUT2D eigenvalue weighted by Gasteiger charge is 2.45. The number of amides is 8. The molecule has 3 N–H and O–H groups in total. The number of urea groups is 1. The van der Waals surface area contributed by atoms with E-state index >= 15 is 0 Å². The Hall–Kier alpha value is -7.76. The molecule has 3 aliphatic heterocycles. The van der Waals surface area contributed by atoms with Crippen molar-refractivity contribution in [2.45, 2.75) is 38.0 Å². The molecule has 8 amide bonds. The lowest BCUT2D eigenvalue weighted by atomic mass is 10.0. The first-order valence-electron chi connectivity index (χ1n) is 17.9. The number of fused-ring (bicyclic) bond motifs is 1. The lowest BCUT2D eigenvalue weighted by Crippen LogP contribution is -2.54. The fourth-order valence-corrected chi connectivity index (χ4v) is 6.54. The van der Waals surface area contributed by atoms with Crippen LogP contribution in [0.5, 0.6) is 5.75 Å². The van der Waals surface area contributed by atoms with E-state index in [1.807, 2.05) is 0 Å². The predicted molar refractivity (Wildman–Crippen MR) is 199 cm³/mol. The molecule has 2 fully saturated rings. The number of alkyl halides is 3. The summed E-state index contributed by atoms with van der Waals surface area (Å²) in [7, 11) is 0. The minimum absolute atomic E-state index is 0.00352. The van der Waals surface area contributed by atoms with Gasteiger partial charge in [0.05, 0.1) is 23.2 Å². The largest absolute Gasteiger partial charge is 0.484 e. The van der Waals surface area contributed by atoms with Crippen molar-refractivity contribution < 1.29 is 55.9 Å². The lowest BCUT2D eigenvalue weighted by molar-refractivity contribution is -0.138. The number of benzene rings is 2. The highest BCUT2D eigenvalue weighted by Crippen LogP contribution is 2.34. The number of hydrogen-bond donors (Lipinski definition) is 3. The molecule has 2 aromatic heterocycles. The fourth-order valence-electron chi connectivity index (χ4n) is 6.54. The lowest BCUT2D eigenvalue weighted by Gasteiger charge is -2.28. The summed E-state index contributed by atoms with van der Waals surface area (Å²) >= 11 is 0. The summed E-state index contributed by atoms with van der Waals surface area (Å²) in [6.07, 6.45) is -4.79. The average molecular weight is 828 g/mol. The Morgan fingerprint density at radius 3 is 2.40 bits per heavy atom. The second-order valence-corrected chi connectivity index (χ2v) is 13.4. The number of pyridine rings is 1. The molecule has 17 nitrogen and oxygen atoms in total. The molecule has 0 bridgehead atoms. The molecule has 21 heteroatoms. The highest BCUT2D eigenvalue weighted by molar-refractivity contribution is 6.23. The number of carbonyl (C=O) groups excluding carboxylic acids is 7. The van der Waals surface area contributed by atoms with E-state index < -0.39 is 83.5 Å². The molecule has 2 saturated heterocycles. The summed E-state index contributed by atoms with van der Waals surface area (Å²) in [4.78, 5) is 96.1. The maximum Gasteiger partial charge on any atom is 0.416 e. The minimum Gasteiger partial charge on any atom is -0.484 e. The number of hydrogen-bond acceptors (Lipinski definition) is 11. The van der Waals surface area contributed by atoms with Gasteiger partial charge in [-0.15, -0.1) is 10.2 Å². The van der Waals surface area contributed by atoms with Crippen LogP contribution in [-0.2, 0) is 25.4 Å². The van der Waals surface area contributed by atoms with Gasteiger partial charge in [-0.3, -0.25) is 48.8 Å². The third-order valence-corrected chi connectivity index (χ3v) is 9.35. The predicted octanol–water partition coefficient (Wildman–Crippen LogP) is 2.74. The van der Waals surface area contributed by atoms with Crippen LogP contribution in [0.3, 0.4) is 0 Å². The summed E-state index contributed by atoms with van der Waals surface area (Å²) in [5.41, 5.74) is -0.835. The van der Waals surface area contributed by atoms with Gasteiger partial charge in [-0.25, -0.2) is 14.2 Å². The van der Waals surface area contributed by atoms with Crippen molar-refractivity contribution in [1.82, 2.24) is 30.7 Å². The second kappa shape index (κ2) is 16.2. The molecule has 0 spiro atoms. The van der Waals surface area contributed by atoms with Crippen molar-refractivity contribution in [3.63, 3.8) is 0 Å². The Bertz CT molecular complexity index is 2520. The van der Waals surface area contributed by atoms with Crippen molar-refractivity contribution in [3.05, 3.63) is 101 Å². The van der Waals surface area contributed by atoms with Gasteiger partial charge < -0.3 is 15.4 Å². The number of piperidine rings is 1. The smallest absolute Gasteiger partial charge is 0.416 e. The number of nitrogens with zero attached hydrogens (tertiary/aromatic N) is 6. The van der Waals surface area contributed by atoms with Gasteiger partial charge in [-0.1, -0.05) is 5.92 Å². The van der Waals surface area contributed by atoms with Crippen LogP contribution < -0.4 is 30.5 Å². The average Bonchev–Trinajstić information content (AvgIpc) is 3.71. The normalized spacial score (nSPS) is 17.4. The Morgan fingerprint density at radius 2 is 1.70 bits per heavy atom. The Balaban J connectivity index is 0.986. The molecule has 60 heavy (non-hydrogen) atoms. The summed E-state index contributed by atoms with van der Waals surface area (Å²) in [6.45, 7) is 0.157. The van der Waals surface area contributed by atoms with Crippen molar-refractivity contribution >= 4 is 58.8 Å². The van der Waals surface area contributed by atoms with Crippen LogP contribution in [0.15, 0.2) is 66.7 Å². The molecular formula is C39H29F4N9O8. The molecule has 5 heterocycles. The molecule has 2 atom stereocenters. The Labute approximate surface area is 336 Å². The molecule has 4 aromatic rings. The first-order chi connectivity index (χ1) is 28.6. The van der Waals surface area contributed by atoms with Crippen LogP contribution in [0.25, 0.3) is 0 Å². The minimum atomic E-state index is -4.75. The molecule has 0 radical (unpaired) electrons. The SMILES string of the molecule is Cc1cc(C(F)(F)F)cc(N2C(=O)NC[C@H]2C(=O)N(CC#Cc2ccc(NC(=O)COc3ccc4c(c3)C(=O)N(C3CCC(=O)NC3=O)C4=O)nn2)c2ccc(F)cc2)n1. The van der Waals surface area contributed by atoms with Gasteiger partial charge in [0.1, 0.15) is 35.2 Å². The van der Waals surface area contributed by atoms with Crippen LogP contribution in [0.2, 0.25) is 0 Å². The first kappa shape index (κ1) is 40.4. The van der Waals surface area contributed by atoms with E-state index in [9.17, 15) is 51.1 Å². The maximum atomic E-state index is 14.0.